The van der Waals surface area contributed by atoms with Gasteiger partial charge in [0.15, 0.2) is 0 Å². The minimum Gasteiger partial charge on any atom is -0.463 e. The van der Waals surface area contributed by atoms with E-state index in [4.69, 9.17) is 4.74 Å². The summed E-state index contributed by atoms with van der Waals surface area (Å²) in [5, 5.41) is 2.15. The molecule has 1 heterocycles. The van der Waals surface area contributed by atoms with Gasteiger partial charge in [0.05, 0.1) is 6.61 Å². The van der Waals surface area contributed by atoms with Crippen LogP contribution in [0.4, 0.5) is 0 Å². The molecule has 0 fully saturated rings. The van der Waals surface area contributed by atoms with Crippen LogP contribution in [0.25, 0.3) is 16.3 Å². The third-order valence-electron chi connectivity index (χ3n) is 2.73. The van der Waals surface area contributed by atoms with Crippen LogP contribution in [0.3, 0.4) is 0 Å². The van der Waals surface area contributed by atoms with E-state index in [-0.39, 0.29) is 18.4 Å². The number of halogens is 1. The smallest absolute Gasteiger partial charge is 0.331 e. The summed E-state index contributed by atoms with van der Waals surface area (Å²) in [6.45, 7) is 4.08. The number of carbonyl (C=O) groups excluding carboxylic acids is 1. The number of hydrogen-bond donors (Lipinski definition) is 0. The van der Waals surface area contributed by atoms with Gasteiger partial charge in [0.25, 0.3) is 0 Å². The van der Waals surface area contributed by atoms with Crippen molar-refractivity contribution in [3.8, 4) is 0 Å². The van der Waals surface area contributed by atoms with Crippen LogP contribution >= 0.6 is 12.4 Å². The largest absolute Gasteiger partial charge is 0.463 e. The Kier molecular flexibility index (Phi) is 5.52. The Hall–Kier alpha value is -1.87. The highest BCUT2D eigenvalue weighted by atomic mass is 35.5. The predicted octanol–water partition coefficient (Wildman–Crippen LogP) is 3.62. The Morgan fingerprint density at radius 1 is 1.37 bits per heavy atom. The van der Waals surface area contributed by atoms with Crippen LogP contribution in [0.1, 0.15) is 19.4 Å². The molecule has 0 aliphatic heterocycles. The number of allylic oxidation sites excluding steroid dienone is 1. The lowest BCUT2D eigenvalue weighted by atomic mass is 10.0. The van der Waals surface area contributed by atoms with Crippen molar-refractivity contribution in [2.45, 2.75) is 13.8 Å². The Labute approximate surface area is 118 Å². The summed E-state index contributed by atoms with van der Waals surface area (Å²) in [6, 6.07) is 7.93. The van der Waals surface area contributed by atoms with Crippen LogP contribution in [0.15, 0.2) is 42.7 Å². The van der Waals surface area contributed by atoms with E-state index in [0.717, 1.165) is 21.9 Å². The number of nitrogens with zero attached hydrogens (tertiary/aromatic N) is 1. The van der Waals surface area contributed by atoms with Crippen LogP contribution in [-0.2, 0) is 9.53 Å². The SMILES string of the molecule is CCOC(=O)C=C(C)c1cccc2ccncc12.Cl. The van der Waals surface area contributed by atoms with Gasteiger partial charge < -0.3 is 4.74 Å². The zero-order chi connectivity index (χ0) is 13.0. The second-order valence-electron chi connectivity index (χ2n) is 3.98. The minimum atomic E-state index is -0.309. The molecular weight excluding hydrogens is 262 g/mol. The van der Waals surface area contributed by atoms with Gasteiger partial charge in [0, 0.05) is 23.9 Å². The summed E-state index contributed by atoms with van der Waals surface area (Å²) in [5.74, 6) is -0.309. The summed E-state index contributed by atoms with van der Waals surface area (Å²) >= 11 is 0. The standard InChI is InChI=1S/C15H15NO2.ClH/c1-3-18-15(17)9-11(2)13-6-4-5-12-7-8-16-10-14(12)13;/h4-10H,3H2,1-2H3;1H. The first-order valence-corrected chi connectivity index (χ1v) is 5.90. The van der Waals surface area contributed by atoms with E-state index < -0.39 is 0 Å². The summed E-state index contributed by atoms with van der Waals surface area (Å²) in [5.41, 5.74) is 1.89. The molecule has 1 aromatic carbocycles. The number of carbonyl (C=O) groups is 1. The molecule has 2 aromatic rings. The van der Waals surface area contributed by atoms with Crippen molar-refractivity contribution < 1.29 is 9.53 Å². The molecule has 4 heteroatoms. The van der Waals surface area contributed by atoms with Crippen LogP contribution in [0.2, 0.25) is 0 Å². The summed E-state index contributed by atoms with van der Waals surface area (Å²) in [7, 11) is 0. The predicted molar refractivity (Wildman–Crippen MR) is 79.3 cm³/mol. The van der Waals surface area contributed by atoms with E-state index in [1.54, 1.807) is 13.1 Å². The van der Waals surface area contributed by atoms with Crippen molar-refractivity contribution in [3.63, 3.8) is 0 Å². The first-order valence-electron chi connectivity index (χ1n) is 5.90. The molecule has 0 bridgehead atoms. The van der Waals surface area contributed by atoms with E-state index in [2.05, 4.69) is 4.98 Å². The monoisotopic (exact) mass is 277 g/mol. The molecule has 0 aliphatic rings. The zero-order valence-electron chi connectivity index (χ0n) is 10.9. The molecule has 0 unspecified atom stereocenters. The molecule has 100 valence electrons. The zero-order valence-corrected chi connectivity index (χ0v) is 11.7. The number of ether oxygens (including phenoxy) is 1. The van der Waals surface area contributed by atoms with Gasteiger partial charge in [-0.3, -0.25) is 4.98 Å². The van der Waals surface area contributed by atoms with Gasteiger partial charge >= 0.3 is 5.97 Å². The van der Waals surface area contributed by atoms with Crippen molar-refractivity contribution >= 4 is 34.7 Å². The van der Waals surface area contributed by atoms with Crippen molar-refractivity contribution in [2.75, 3.05) is 6.61 Å². The maximum Gasteiger partial charge on any atom is 0.331 e. The van der Waals surface area contributed by atoms with Crippen molar-refractivity contribution in [3.05, 3.63) is 48.3 Å². The topological polar surface area (TPSA) is 39.2 Å². The summed E-state index contributed by atoms with van der Waals surface area (Å²) in [4.78, 5) is 15.6. The quantitative estimate of drug-likeness (QED) is 0.635. The van der Waals surface area contributed by atoms with Crippen LogP contribution in [0, 0.1) is 0 Å². The van der Waals surface area contributed by atoms with E-state index in [9.17, 15) is 4.79 Å². The molecule has 0 amide bonds. The molecule has 1 aromatic heterocycles. The average Bonchev–Trinajstić information content (AvgIpc) is 2.38. The highest BCUT2D eigenvalue weighted by Crippen LogP contribution is 2.23. The van der Waals surface area contributed by atoms with Gasteiger partial charge in [-0.25, -0.2) is 4.79 Å². The molecule has 0 saturated heterocycles. The first-order chi connectivity index (χ1) is 8.72. The highest BCUT2D eigenvalue weighted by Gasteiger charge is 2.05. The Morgan fingerprint density at radius 3 is 2.89 bits per heavy atom. The third kappa shape index (κ3) is 3.55. The molecule has 0 saturated carbocycles. The molecule has 0 atom stereocenters. The molecule has 0 aliphatic carbocycles. The van der Waals surface area contributed by atoms with Crippen LogP contribution in [-0.4, -0.2) is 17.6 Å². The highest BCUT2D eigenvalue weighted by molar-refractivity contribution is 5.98. The fraction of sp³-hybridized carbons (Fsp3) is 0.200. The molecule has 0 spiro atoms. The van der Waals surface area contributed by atoms with E-state index in [1.165, 1.54) is 6.08 Å². The molecular formula is C15H16ClNO2. The van der Waals surface area contributed by atoms with Gasteiger partial charge in [0.2, 0.25) is 0 Å². The molecule has 19 heavy (non-hydrogen) atoms. The lowest BCUT2D eigenvalue weighted by molar-refractivity contribution is -0.137. The van der Waals surface area contributed by atoms with E-state index in [0.29, 0.717) is 6.61 Å². The fourth-order valence-corrected chi connectivity index (χ4v) is 1.90. The molecule has 2 rings (SSSR count). The minimum absolute atomic E-state index is 0. The van der Waals surface area contributed by atoms with Crippen molar-refractivity contribution in [1.82, 2.24) is 4.98 Å². The molecule has 3 nitrogen and oxygen atoms in total. The number of pyridine rings is 1. The lowest BCUT2D eigenvalue weighted by Gasteiger charge is -2.06. The number of aromatic nitrogens is 1. The van der Waals surface area contributed by atoms with Crippen LogP contribution in [0.5, 0.6) is 0 Å². The lowest BCUT2D eigenvalue weighted by Crippen LogP contribution is -2.00. The van der Waals surface area contributed by atoms with Gasteiger partial charge in [-0.05, 0) is 36.4 Å². The molecule has 0 N–H and O–H groups in total. The van der Waals surface area contributed by atoms with Gasteiger partial charge in [-0.1, -0.05) is 18.2 Å². The van der Waals surface area contributed by atoms with Gasteiger partial charge in [0.1, 0.15) is 0 Å². The van der Waals surface area contributed by atoms with Crippen molar-refractivity contribution in [1.29, 1.82) is 0 Å². The third-order valence-corrected chi connectivity index (χ3v) is 2.73. The Morgan fingerprint density at radius 2 is 2.16 bits per heavy atom. The number of rotatable bonds is 3. The maximum atomic E-state index is 11.4. The first kappa shape index (κ1) is 15.2. The Balaban J connectivity index is 0.00000180. The average molecular weight is 278 g/mol. The summed E-state index contributed by atoms with van der Waals surface area (Å²) in [6.07, 6.45) is 5.09. The van der Waals surface area contributed by atoms with E-state index in [1.807, 2.05) is 37.4 Å². The second kappa shape index (κ2) is 6.90. The fourth-order valence-electron chi connectivity index (χ4n) is 1.90. The Bertz CT molecular complexity index is 603. The van der Waals surface area contributed by atoms with E-state index >= 15 is 0 Å². The van der Waals surface area contributed by atoms with Crippen molar-refractivity contribution in [2.24, 2.45) is 0 Å². The number of esters is 1. The van der Waals surface area contributed by atoms with Crippen LogP contribution < -0.4 is 0 Å². The normalized spacial score (nSPS) is 10.9. The number of hydrogen-bond acceptors (Lipinski definition) is 3. The number of fused-ring (bicyclic) bond motifs is 1. The maximum absolute atomic E-state index is 11.4. The molecule has 0 radical (unpaired) electrons. The summed E-state index contributed by atoms with van der Waals surface area (Å²) < 4.78 is 4.92. The number of benzene rings is 1. The van der Waals surface area contributed by atoms with Gasteiger partial charge in [-0.2, -0.15) is 0 Å². The second-order valence-corrected chi connectivity index (χ2v) is 3.98. The van der Waals surface area contributed by atoms with Gasteiger partial charge in [-0.15, -0.1) is 12.4 Å².